The number of hydrogen-bond acceptors (Lipinski definition) is 3. The van der Waals surface area contributed by atoms with Gasteiger partial charge in [0.1, 0.15) is 5.82 Å². The van der Waals surface area contributed by atoms with Gasteiger partial charge < -0.3 is 11.5 Å². The van der Waals surface area contributed by atoms with E-state index in [9.17, 15) is 4.79 Å². The lowest BCUT2D eigenvalue weighted by atomic mass is 10.3. The predicted octanol–water partition coefficient (Wildman–Crippen LogP) is -0.348. The second-order valence-corrected chi connectivity index (χ2v) is 3.24. The smallest absolute Gasteiger partial charge is 0.320 e. The lowest BCUT2D eigenvalue weighted by Gasteiger charge is -2.21. The minimum Gasteiger partial charge on any atom is -0.351 e. The molecule has 0 aliphatic rings. The summed E-state index contributed by atoms with van der Waals surface area (Å²) in [6.07, 6.45) is 1.60. The summed E-state index contributed by atoms with van der Waals surface area (Å²) in [5.74, 6) is 0.648. The summed E-state index contributed by atoms with van der Waals surface area (Å²) in [4.78, 5) is 12.5. The van der Waals surface area contributed by atoms with Crippen LogP contribution >= 0.6 is 0 Å². The van der Waals surface area contributed by atoms with Crippen LogP contribution in [0, 0.1) is 0 Å². The Kier molecular flexibility index (Phi) is 3.08. The van der Waals surface area contributed by atoms with Crippen LogP contribution in [-0.4, -0.2) is 28.4 Å². The third kappa shape index (κ3) is 2.23. The van der Waals surface area contributed by atoms with Crippen molar-refractivity contribution in [2.75, 3.05) is 11.4 Å². The van der Waals surface area contributed by atoms with Gasteiger partial charge in [-0.05, 0) is 6.92 Å². The van der Waals surface area contributed by atoms with Crippen LogP contribution in [0.5, 0.6) is 0 Å². The molecule has 6 nitrogen and oxygen atoms in total. The van der Waals surface area contributed by atoms with Gasteiger partial charge in [-0.15, -0.1) is 0 Å². The molecular formula is C8H15N5O. The largest absolute Gasteiger partial charge is 0.351 e. The van der Waals surface area contributed by atoms with Crippen LogP contribution in [0.4, 0.5) is 10.6 Å². The first-order valence-electron chi connectivity index (χ1n) is 4.33. The average molecular weight is 197 g/mol. The van der Waals surface area contributed by atoms with Crippen LogP contribution in [0.3, 0.4) is 0 Å². The molecule has 14 heavy (non-hydrogen) atoms. The van der Waals surface area contributed by atoms with Crippen LogP contribution in [0.1, 0.15) is 6.92 Å². The van der Waals surface area contributed by atoms with Gasteiger partial charge in [-0.2, -0.15) is 5.10 Å². The van der Waals surface area contributed by atoms with Gasteiger partial charge in [-0.3, -0.25) is 9.58 Å². The molecule has 1 rings (SSSR count). The quantitative estimate of drug-likeness (QED) is 0.694. The average Bonchev–Trinajstić information content (AvgIpc) is 2.46. The zero-order valence-corrected chi connectivity index (χ0v) is 8.34. The lowest BCUT2D eigenvalue weighted by molar-refractivity contribution is 0.253. The molecule has 0 radical (unpaired) electrons. The Hall–Kier alpha value is -1.56. The standard InChI is InChI=1S/C8H15N5O/c1-6(9)5-13(8(10)14)7-3-4-11-12(7)2/h3-4,6H,5,9H2,1-2H3,(H2,10,14). The highest BCUT2D eigenvalue weighted by atomic mass is 16.2. The van der Waals surface area contributed by atoms with Gasteiger partial charge in [0.05, 0.1) is 6.20 Å². The lowest BCUT2D eigenvalue weighted by Crippen LogP contribution is -2.43. The maximum atomic E-state index is 11.1. The highest BCUT2D eigenvalue weighted by Crippen LogP contribution is 2.11. The fraction of sp³-hybridized carbons (Fsp3) is 0.500. The fourth-order valence-electron chi connectivity index (χ4n) is 1.22. The Morgan fingerprint density at radius 1 is 1.79 bits per heavy atom. The molecule has 0 saturated carbocycles. The van der Waals surface area contributed by atoms with E-state index in [0.29, 0.717) is 12.4 Å². The number of aromatic nitrogens is 2. The number of hydrogen-bond donors (Lipinski definition) is 2. The van der Waals surface area contributed by atoms with E-state index in [1.165, 1.54) is 4.90 Å². The van der Waals surface area contributed by atoms with E-state index in [-0.39, 0.29) is 6.04 Å². The first-order chi connectivity index (χ1) is 6.52. The molecular weight excluding hydrogens is 182 g/mol. The number of carbonyl (C=O) groups is 1. The summed E-state index contributed by atoms with van der Waals surface area (Å²) >= 11 is 0. The Morgan fingerprint density at radius 3 is 2.79 bits per heavy atom. The number of primary amides is 1. The summed E-state index contributed by atoms with van der Waals surface area (Å²) < 4.78 is 1.58. The molecule has 0 aliphatic carbocycles. The van der Waals surface area contributed by atoms with Crippen LogP contribution in [0.25, 0.3) is 0 Å². The molecule has 6 heteroatoms. The van der Waals surface area contributed by atoms with Gasteiger partial charge >= 0.3 is 6.03 Å². The van der Waals surface area contributed by atoms with E-state index in [2.05, 4.69) is 5.10 Å². The van der Waals surface area contributed by atoms with Crippen molar-refractivity contribution in [1.29, 1.82) is 0 Å². The van der Waals surface area contributed by atoms with Crippen LogP contribution in [0.15, 0.2) is 12.3 Å². The molecule has 0 aromatic carbocycles. The molecule has 0 saturated heterocycles. The predicted molar refractivity (Wildman–Crippen MR) is 53.8 cm³/mol. The number of rotatable bonds is 3. The van der Waals surface area contributed by atoms with E-state index in [0.717, 1.165) is 0 Å². The van der Waals surface area contributed by atoms with Crippen molar-refractivity contribution < 1.29 is 4.79 Å². The van der Waals surface area contributed by atoms with Crippen molar-refractivity contribution in [2.45, 2.75) is 13.0 Å². The molecule has 1 aromatic heterocycles. The van der Waals surface area contributed by atoms with Crippen molar-refractivity contribution in [3.8, 4) is 0 Å². The molecule has 0 spiro atoms. The molecule has 1 unspecified atom stereocenters. The zero-order chi connectivity index (χ0) is 10.7. The van der Waals surface area contributed by atoms with Gasteiger partial charge in [0, 0.05) is 25.7 Å². The van der Waals surface area contributed by atoms with E-state index >= 15 is 0 Å². The van der Waals surface area contributed by atoms with Gasteiger partial charge in [0.25, 0.3) is 0 Å². The molecule has 4 N–H and O–H groups in total. The molecule has 1 heterocycles. The summed E-state index contributed by atoms with van der Waals surface area (Å²) in [5, 5.41) is 3.95. The summed E-state index contributed by atoms with van der Waals surface area (Å²) in [6.45, 7) is 2.20. The van der Waals surface area contributed by atoms with Crippen LogP contribution < -0.4 is 16.4 Å². The summed E-state index contributed by atoms with van der Waals surface area (Å²) in [7, 11) is 1.74. The van der Waals surface area contributed by atoms with Crippen molar-refractivity contribution in [2.24, 2.45) is 18.5 Å². The molecule has 1 aromatic rings. The number of carbonyl (C=O) groups excluding carboxylic acids is 1. The first kappa shape index (κ1) is 10.5. The van der Waals surface area contributed by atoms with Crippen LogP contribution in [-0.2, 0) is 7.05 Å². The van der Waals surface area contributed by atoms with E-state index in [4.69, 9.17) is 11.5 Å². The Balaban J connectivity index is 2.89. The normalized spacial score (nSPS) is 12.5. The van der Waals surface area contributed by atoms with E-state index < -0.39 is 6.03 Å². The number of aryl methyl sites for hydroxylation is 1. The maximum Gasteiger partial charge on any atom is 0.320 e. The Labute approximate surface area is 82.5 Å². The molecule has 2 amide bonds. The van der Waals surface area contributed by atoms with Crippen LogP contribution in [0.2, 0.25) is 0 Å². The third-order valence-electron chi connectivity index (χ3n) is 1.81. The van der Waals surface area contributed by atoms with Gasteiger partial charge in [-0.1, -0.05) is 0 Å². The Morgan fingerprint density at radius 2 is 2.43 bits per heavy atom. The van der Waals surface area contributed by atoms with Gasteiger partial charge in [0.15, 0.2) is 0 Å². The number of nitrogens with zero attached hydrogens (tertiary/aromatic N) is 3. The minimum absolute atomic E-state index is 0.127. The maximum absolute atomic E-state index is 11.1. The SMILES string of the molecule is CC(N)CN(C(N)=O)c1ccnn1C. The molecule has 78 valence electrons. The first-order valence-corrected chi connectivity index (χ1v) is 4.33. The zero-order valence-electron chi connectivity index (χ0n) is 8.34. The third-order valence-corrected chi connectivity index (χ3v) is 1.81. The monoisotopic (exact) mass is 197 g/mol. The number of nitrogens with two attached hydrogens (primary N) is 2. The van der Waals surface area contributed by atoms with Crippen molar-refractivity contribution in [1.82, 2.24) is 9.78 Å². The fourth-order valence-corrected chi connectivity index (χ4v) is 1.22. The number of anilines is 1. The van der Waals surface area contributed by atoms with Crippen molar-refractivity contribution >= 4 is 11.8 Å². The number of amides is 2. The van der Waals surface area contributed by atoms with Crippen molar-refractivity contribution in [3.05, 3.63) is 12.3 Å². The highest BCUT2D eigenvalue weighted by molar-refractivity contribution is 5.89. The second kappa shape index (κ2) is 4.10. The molecule has 0 aliphatic heterocycles. The second-order valence-electron chi connectivity index (χ2n) is 3.24. The van der Waals surface area contributed by atoms with E-state index in [1.54, 1.807) is 24.0 Å². The topological polar surface area (TPSA) is 90.2 Å². The Bertz CT molecular complexity index is 319. The van der Waals surface area contributed by atoms with Crippen molar-refractivity contribution in [3.63, 3.8) is 0 Å². The molecule has 0 bridgehead atoms. The van der Waals surface area contributed by atoms with Gasteiger partial charge in [0.2, 0.25) is 0 Å². The highest BCUT2D eigenvalue weighted by Gasteiger charge is 2.16. The number of urea groups is 1. The summed E-state index contributed by atoms with van der Waals surface area (Å²) in [6, 6.07) is 1.07. The van der Waals surface area contributed by atoms with Gasteiger partial charge in [-0.25, -0.2) is 4.79 Å². The molecule has 0 fully saturated rings. The van der Waals surface area contributed by atoms with E-state index in [1.807, 2.05) is 6.92 Å². The summed E-state index contributed by atoms with van der Waals surface area (Å²) in [5.41, 5.74) is 10.8. The minimum atomic E-state index is -0.522. The molecule has 1 atom stereocenters.